The number of halogens is 1. The van der Waals surface area contributed by atoms with Crippen LogP contribution in [0, 0.1) is 0 Å². The number of hydrogen-bond donors (Lipinski definition) is 2. The van der Waals surface area contributed by atoms with E-state index in [9.17, 15) is 4.79 Å². The van der Waals surface area contributed by atoms with Gasteiger partial charge in [-0.3, -0.25) is 0 Å². The second-order valence-electron chi connectivity index (χ2n) is 3.76. The van der Waals surface area contributed by atoms with Crippen LogP contribution in [0.1, 0.15) is 27.2 Å². The van der Waals surface area contributed by atoms with Crippen LogP contribution in [0.5, 0.6) is 0 Å². The van der Waals surface area contributed by atoms with Gasteiger partial charge < -0.3 is 10.4 Å². The Bertz CT molecular complexity index is 600. The number of anilines is 1. The summed E-state index contributed by atoms with van der Waals surface area (Å²) in [5.74, 6) is -0.784. The first-order chi connectivity index (χ1) is 9.10. The highest BCUT2D eigenvalue weighted by Crippen LogP contribution is 2.19. The van der Waals surface area contributed by atoms with Gasteiger partial charge in [0.1, 0.15) is 21.5 Å². The minimum absolute atomic E-state index is 0.0941. The van der Waals surface area contributed by atoms with Crippen LogP contribution in [0.25, 0.3) is 0 Å². The van der Waals surface area contributed by atoms with Crippen LogP contribution in [0.4, 0.5) is 5.82 Å². The van der Waals surface area contributed by atoms with Gasteiger partial charge in [-0.15, -0.1) is 11.3 Å². The summed E-state index contributed by atoms with van der Waals surface area (Å²) in [6.07, 6.45) is 2.76. The third-order valence-electron chi connectivity index (χ3n) is 2.45. The number of nitrogens with zero attached hydrogens (tertiary/aromatic N) is 2. The summed E-state index contributed by atoms with van der Waals surface area (Å²) in [6.45, 7) is 2.49. The number of carbonyl (C=O) groups is 1. The standard InChI is InChI=1S/C12H12ClN3O2S/c1-2-7-5-14-10(19-7)6-15-11-8(12(17)18)3-4-9(13)16-11/h3-5H,2,6H2,1H3,(H,15,16)(H,17,18). The molecule has 0 unspecified atom stereocenters. The Morgan fingerprint density at radius 2 is 2.32 bits per heavy atom. The highest BCUT2D eigenvalue weighted by Gasteiger charge is 2.12. The topological polar surface area (TPSA) is 75.1 Å². The van der Waals surface area contributed by atoms with E-state index in [-0.39, 0.29) is 16.5 Å². The molecule has 0 spiro atoms. The lowest BCUT2D eigenvalue weighted by atomic mass is 10.2. The lowest BCUT2D eigenvalue weighted by Gasteiger charge is -2.07. The lowest BCUT2D eigenvalue weighted by Crippen LogP contribution is -2.08. The van der Waals surface area contributed by atoms with E-state index in [0.717, 1.165) is 11.4 Å². The highest BCUT2D eigenvalue weighted by atomic mass is 35.5. The molecule has 19 heavy (non-hydrogen) atoms. The van der Waals surface area contributed by atoms with Crippen LogP contribution in [0.15, 0.2) is 18.3 Å². The van der Waals surface area contributed by atoms with Crippen LogP contribution in [0.3, 0.4) is 0 Å². The summed E-state index contributed by atoms with van der Waals surface area (Å²) in [4.78, 5) is 20.5. The van der Waals surface area contributed by atoms with Crippen molar-refractivity contribution in [1.29, 1.82) is 0 Å². The molecule has 100 valence electrons. The van der Waals surface area contributed by atoms with Crippen molar-refractivity contribution < 1.29 is 9.90 Å². The molecule has 0 bridgehead atoms. The summed E-state index contributed by atoms with van der Waals surface area (Å²) >= 11 is 7.36. The summed E-state index contributed by atoms with van der Waals surface area (Å²) in [5.41, 5.74) is 0.0941. The van der Waals surface area contributed by atoms with Gasteiger partial charge in [-0.05, 0) is 18.6 Å². The summed E-state index contributed by atoms with van der Waals surface area (Å²) in [6, 6.07) is 2.88. The van der Waals surface area contributed by atoms with Gasteiger partial charge in [0.25, 0.3) is 0 Å². The molecule has 0 aliphatic rings. The zero-order valence-corrected chi connectivity index (χ0v) is 11.8. The normalized spacial score (nSPS) is 10.4. The zero-order chi connectivity index (χ0) is 13.8. The molecule has 0 saturated heterocycles. The average Bonchev–Trinajstić information content (AvgIpc) is 2.84. The van der Waals surface area contributed by atoms with Crippen LogP contribution in [-0.2, 0) is 13.0 Å². The van der Waals surface area contributed by atoms with E-state index in [4.69, 9.17) is 16.7 Å². The fraction of sp³-hybridized carbons (Fsp3) is 0.250. The predicted octanol–water partition coefficient (Wildman–Crippen LogP) is 3.06. The van der Waals surface area contributed by atoms with Crippen LogP contribution >= 0.6 is 22.9 Å². The summed E-state index contributed by atoms with van der Waals surface area (Å²) in [5, 5.41) is 13.2. The number of pyridine rings is 1. The first kappa shape index (κ1) is 13.8. The first-order valence-corrected chi connectivity index (χ1v) is 6.87. The molecule has 0 amide bonds. The maximum absolute atomic E-state index is 11.1. The van der Waals surface area contributed by atoms with E-state index in [0.29, 0.717) is 6.54 Å². The van der Waals surface area contributed by atoms with Crippen LogP contribution in [0.2, 0.25) is 5.15 Å². The van der Waals surface area contributed by atoms with E-state index in [1.165, 1.54) is 17.0 Å². The Balaban J connectivity index is 2.14. The lowest BCUT2D eigenvalue weighted by molar-refractivity contribution is 0.0697. The molecule has 2 aromatic heterocycles. The van der Waals surface area contributed by atoms with Gasteiger partial charge in [-0.1, -0.05) is 18.5 Å². The molecule has 2 rings (SSSR count). The first-order valence-electron chi connectivity index (χ1n) is 5.67. The van der Waals surface area contributed by atoms with E-state index in [1.807, 2.05) is 6.20 Å². The van der Waals surface area contributed by atoms with Crippen molar-refractivity contribution in [3.05, 3.63) is 38.9 Å². The number of carboxylic acids is 1. The maximum Gasteiger partial charge on any atom is 0.339 e. The summed E-state index contributed by atoms with van der Waals surface area (Å²) < 4.78 is 0. The van der Waals surface area contributed by atoms with E-state index in [2.05, 4.69) is 22.2 Å². The number of aromatic carboxylic acids is 1. The van der Waals surface area contributed by atoms with Gasteiger partial charge >= 0.3 is 5.97 Å². The number of thiazole rings is 1. The maximum atomic E-state index is 11.1. The molecule has 2 heterocycles. The zero-order valence-electron chi connectivity index (χ0n) is 10.2. The highest BCUT2D eigenvalue weighted by molar-refractivity contribution is 7.11. The number of aromatic nitrogens is 2. The molecule has 0 aliphatic carbocycles. The van der Waals surface area contributed by atoms with Crippen LogP contribution < -0.4 is 5.32 Å². The van der Waals surface area contributed by atoms with Crippen molar-refractivity contribution in [2.75, 3.05) is 5.32 Å². The fourth-order valence-corrected chi connectivity index (χ4v) is 2.44. The fourth-order valence-electron chi connectivity index (χ4n) is 1.50. The van der Waals surface area contributed by atoms with Crippen molar-refractivity contribution in [2.24, 2.45) is 0 Å². The van der Waals surface area contributed by atoms with Gasteiger partial charge in [-0.2, -0.15) is 0 Å². The molecular formula is C12H12ClN3O2S. The largest absolute Gasteiger partial charge is 0.478 e. The van der Waals surface area contributed by atoms with Crippen molar-refractivity contribution in [1.82, 2.24) is 9.97 Å². The van der Waals surface area contributed by atoms with Crippen molar-refractivity contribution in [2.45, 2.75) is 19.9 Å². The van der Waals surface area contributed by atoms with Gasteiger partial charge in [-0.25, -0.2) is 14.8 Å². The van der Waals surface area contributed by atoms with Crippen molar-refractivity contribution >= 4 is 34.7 Å². The third-order valence-corrected chi connectivity index (χ3v) is 3.80. The Kier molecular flexibility index (Phi) is 4.34. The van der Waals surface area contributed by atoms with Gasteiger partial charge in [0.15, 0.2) is 0 Å². The number of aryl methyl sites for hydroxylation is 1. The number of nitrogens with one attached hydrogen (secondary N) is 1. The molecule has 0 fully saturated rings. The monoisotopic (exact) mass is 297 g/mol. The second-order valence-corrected chi connectivity index (χ2v) is 5.35. The molecule has 7 heteroatoms. The molecule has 2 aromatic rings. The quantitative estimate of drug-likeness (QED) is 0.830. The van der Waals surface area contributed by atoms with E-state index >= 15 is 0 Å². The predicted molar refractivity (Wildman–Crippen MR) is 75.0 cm³/mol. The van der Waals surface area contributed by atoms with Gasteiger partial charge in [0.05, 0.1) is 6.54 Å². The summed E-state index contributed by atoms with van der Waals surface area (Å²) in [7, 11) is 0. The Labute approximate surface area is 119 Å². The molecule has 2 N–H and O–H groups in total. The Morgan fingerprint density at radius 1 is 1.53 bits per heavy atom. The number of carboxylic acid groups (broad SMARTS) is 1. The average molecular weight is 298 g/mol. The molecule has 0 aromatic carbocycles. The number of hydrogen-bond acceptors (Lipinski definition) is 5. The molecule has 0 saturated carbocycles. The van der Waals surface area contributed by atoms with E-state index in [1.54, 1.807) is 11.3 Å². The molecule has 5 nitrogen and oxygen atoms in total. The van der Waals surface area contributed by atoms with Crippen LogP contribution in [-0.4, -0.2) is 21.0 Å². The minimum Gasteiger partial charge on any atom is -0.478 e. The third kappa shape index (κ3) is 3.42. The van der Waals surface area contributed by atoms with Gasteiger partial charge in [0.2, 0.25) is 0 Å². The second kappa shape index (κ2) is 5.99. The van der Waals surface area contributed by atoms with E-state index < -0.39 is 5.97 Å². The molecule has 0 atom stereocenters. The SMILES string of the molecule is CCc1cnc(CNc2nc(Cl)ccc2C(=O)O)s1. The molecular weight excluding hydrogens is 286 g/mol. The number of rotatable bonds is 5. The Morgan fingerprint density at radius 3 is 2.95 bits per heavy atom. The smallest absolute Gasteiger partial charge is 0.339 e. The van der Waals surface area contributed by atoms with Crippen molar-refractivity contribution in [3.8, 4) is 0 Å². The van der Waals surface area contributed by atoms with Gasteiger partial charge in [0, 0.05) is 11.1 Å². The molecule has 0 radical (unpaired) electrons. The van der Waals surface area contributed by atoms with Crippen molar-refractivity contribution in [3.63, 3.8) is 0 Å². The minimum atomic E-state index is -1.04. The Hall–Kier alpha value is -1.66. The molecule has 0 aliphatic heterocycles.